The van der Waals surface area contributed by atoms with Crippen LogP contribution in [-0.2, 0) is 6.54 Å². The number of benzene rings is 1. The minimum atomic E-state index is 0.938. The van der Waals surface area contributed by atoms with E-state index in [-0.39, 0.29) is 0 Å². The van der Waals surface area contributed by atoms with Crippen molar-refractivity contribution < 1.29 is 0 Å². The normalized spacial score (nSPS) is 11.0. The number of hydrogen-bond acceptors (Lipinski definition) is 1. The maximum atomic E-state index is 4.47. The lowest BCUT2D eigenvalue weighted by atomic mass is 10.1. The van der Waals surface area contributed by atoms with Gasteiger partial charge < -0.3 is 0 Å². The largest absolute Gasteiger partial charge is 0.265 e. The van der Waals surface area contributed by atoms with Crippen LogP contribution in [0.2, 0.25) is 0 Å². The predicted molar refractivity (Wildman–Crippen MR) is 54.9 cm³/mol. The van der Waals surface area contributed by atoms with Crippen molar-refractivity contribution in [3.8, 4) is 0 Å². The quantitative estimate of drug-likeness (QED) is 0.650. The molecule has 1 heterocycles. The lowest BCUT2D eigenvalue weighted by molar-refractivity contribution is 0.676. The summed E-state index contributed by atoms with van der Waals surface area (Å²) in [5.74, 6) is 0. The summed E-state index contributed by atoms with van der Waals surface area (Å²) in [7, 11) is 0. The van der Waals surface area contributed by atoms with Crippen LogP contribution in [0, 0.1) is 13.8 Å². The highest BCUT2D eigenvalue weighted by Crippen LogP contribution is 2.18. The second-order valence-corrected chi connectivity index (χ2v) is 3.42. The highest BCUT2D eigenvalue weighted by atomic mass is 15.3. The van der Waals surface area contributed by atoms with E-state index in [9.17, 15) is 0 Å². The molecule has 0 saturated heterocycles. The standard InChI is InChI=1S/C11H14N2/c1-4-13-11-7-8(2)5-6-10(11)9(3)12-13/h5-7H,4H2,1-3H3. The molecule has 0 aliphatic rings. The molecule has 0 saturated carbocycles. The average Bonchev–Trinajstić information content (AvgIpc) is 2.42. The van der Waals surface area contributed by atoms with Gasteiger partial charge >= 0.3 is 0 Å². The second kappa shape index (κ2) is 2.87. The Kier molecular flexibility index (Phi) is 1.83. The van der Waals surface area contributed by atoms with E-state index >= 15 is 0 Å². The summed E-state index contributed by atoms with van der Waals surface area (Å²) >= 11 is 0. The van der Waals surface area contributed by atoms with Crippen LogP contribution in [0.1, 0.15) is 18.2 Å². The van der Waals surface area contributed by atoms with Crippen LogP contribution in [0.3, 0.4) is 0 Å². The average molecular weight is 174 g/mol. The molecular weight excluding hydrogens is 160 g/mol. The molecule has 0 fully saturated rings. The Labute approximate surface area is 78.2 Å². The van der Waals surface area contributed by atoms with Crippen LogP contribution in [0.5, 0.6) is 0 Å². The highest BCUT2D eigenvalue weighted by Gasteiger charge is 2.04. The molecule has 2 nitrogen and oxygen atoms in total. The lowest BCUT2D eigenvalue weighted by Crippen LogP contribution is -1.95. The van der Waals surface area contributed by atoms with E-state index in [0.717, 1.165) is 12.2 Å². The van der Waals surface area contributed by atoms with Gasteiger partial charge in [0.05, 0.1) is 11.2 Å². The van der Waals surface area contributed by atoms with Crippen LogP contribution in [-0.4, -0.2) is 9.78 Å². The maximum absolute atomic E-state index is 4.47. The third kappa shape index (κ3) is 1.22. The van der Waals surface area contributed by atoms with E-state index in [2.05, 4.69) is 48.8 Å². The van der Waals surface area contributed by atoms with Gasteiger partial charge in [0.25, 0.3) is 0 Å². The Bertz CT molecular complexity index is 441. The number of fused-ring (bicyclic) bond motifs is 1. The minimum Gasteiger partial charge on any atom is -0.265 e. The third-order valence-corrected chi connectivity index (χ3v) is 2.39. The Balaban J connectivity index is 2.81. The molecule has 2 aromatic rings. The van der Waals surface area contributed by atoms with Crippen molar-refractivity contribution in [2.45, 2.75) is 27.3 Å². The summed E-state index contributed by atoms with van der Waals surface area (Å²) in [4.78, 5) is 0. The molecule has 0 aliphatic carbocycles. The van der Waals surface area contributed by atoms with Gasteiger partial charge in [-0.1, -0.05) is 12.1 Å². The van der Waals surface area contributed by atoms with Gasteiger partial charge in [0.2, 0.25) is 0 Å². The first-order valence-corrected chi connectivity index (χ1v) is 4.66. The Morgan fingerprint density at radius 3 is 2.77 bits per heavy atom. The van der Waals surface area contributed by atoms with Gasteiger partial charge in [0, 0.05) is 11.9 Å². The van der Waals surface area contributed by atoms with Crippen LogP contribution >= 0.6 is 0 Å². The van der Waals surface area contributed by atoms with E-state index in [1.807, 2.05) is 0 Å². The van der Waals surface area contributed by atoms with Gasteiger partial charge in [-0.05, 0) is 32.4 Å². The van der Waals surface area contributed by atoms with E-state index < -0.39 is 0 Å². The third-order valence-electron chi connectivity index (χ3n) is 2.39. The Hall–Kier alpha value is -1.31. The van der Waals surface area contributed by atoms with Gasteiger partial charge in [-0.2, -0.15) is 5.10 Å². The summed E-state index contributed by atoms with van der Waals surface area (Å²) in [6.45, 7) is 7.23. The fourth-order valence-corrected chi connectivity index (χ4v) is 1.69. The van der Waals surface area contributed by atoms with Crippen LogP contribution in [0.15, 0.2) is 18.2 Å². The number of aryl methyl sites for hydroxylation is 3. The summed E-state index contributed by atoms with van der Waals surface area (Å²) in [6.07, 6.45) is 0. The Morgan fingerprint density at radius 2 is 2.08 bits per heavy atom. The molecule has 2 heteroatoms. The van der Waals surface area contributed by atoms with E-state index in [1.165, 1.54) is 16.5 Å². The highest BCUT2D eigenvalue weighted by molar-refractivity contribution is 5.82. The lowest BCUT2D eigenvalue weighted by Gasteiger charge is -1.98. The predicted octanol–water partition coefficient (Wildman–Crippen LogP) is 2.67. The van der Waals surface area contributed by atoms with Gasteiger partial charge in [0.1, 0.15) is 0 Å². The molecule has 0 bridgehead atoms. The van der Waals surface area contributed by atoms with Crippen LogP contribution in [0.4, 0.5) is 0 Å². The molecule has 0 spiro atoms. The van der Waals surface area contributed by atoms with E-state index in [0.29, 0.717) is 0 Å². The molecule has 68 valence electrons. The minimum absolute atomic E-state index is 0.938. The van der Waals surface area contributed by atoms with Crippen molar-refractivity contribution in [3.63, 3.8) is 0 Å². The van der Waals surface area contributed by atoms with Gasteiger partial charge in [-0.25, -0.2) is 0 Å². The molecule has 0 radical (unpaired) electrons. The zero-order valence-corrected chi connectivity index (χ0v) is 8.33. The van der Waals surface area contributed by atoms with Gasteiger partial charge in [0.15, 0.2) is 0 Å². The molecule has 0 unspecified atom stereocenters. The number of nitrogens with zero attached hydrogens (tertiary/aromatic N) is 2. The molecule has 1 aromatic heterocycles. The van der Waals surface area contributed by atoms with Crippen molar-refractivity contribution in [3.05, 3.63) is 29.5 Å². The molecule has 0 amide bonds. The van der Waals surface area contributed by atoms with E-state index in [4.69, 9.17) is 0 Å². The van der Waals surface area contributed by atoms with Gasteiger partial charge in [-0.15, -0.1) is 0 Å². The van der Waals surface area contributed by atoms with Gasteiger partial charge in [-0.3, -0.25) is 4.68 Å². The van der Waals surface area contributed by atoms with Crippen LogP contribution < -0.4 is 0 Å². The first-order valence-electron chi connectivity index (χ1n) is 4.66. The van der Waals surface area contributed by atoms with Crippen molar-refractivity contribution >= 4 is 10.9 Å². The zero-order chi connectivity index (χ0) is 9.42. The smallest absolute Gasteiger partial charge is 0.0687 e. The van der Waals surface area contributed by atoms with Crippen molar-refractivity contribution in [2.75, 3.05) is 0 Å². The molecule has 2 rings (SSSR count). The summed E-state index contributed by atoms with van der Waals surface area (Å²) < 4.78 is 2.05. The number of aromatic nitrogens is 2. The molecule has 0 aliphatic heterocycles. The maximum Gasteiger partial charge on any atom is 0.0687 e. The fraction of sp³-hybridized carbons (Fsp3) is 0.364. The van der Waals surface area contributed by atoms with Crippen molar-refractivity contribution in [2.24, 2.45) is 0 Å². The van der Waals surface area contributed by atoms with Crippen molar-refractivity contribution in [1.82, 2.24) is 9.78 Å². The molecule has 0 N–H and O–H groups in total. The Morgan fingerprint density at radius 1 is 1.31 bits per heavy atom. The molecule has 1 aromatic carbocycles. The first-order chi connectivity index (χ1) is 6.22. The second-order valence-electron chi connectivity index (χ2n) is 3.42. The summed E-state index contributed by atoms with van der Waals surface area (Å²) in [5, 5.41) is 5.74. The number of hydrogen-bond donors (Lipinski definition) is 0. The first kappa shape index (κ1) is 8.30. The molecule has 0 atom stereocenters. The zero-order valence-electron chi connectivity index (χ0n) is 8.33. The molecular formula is C11H14N2. The summed E-state index contributed by atoms with van der Waals surface area (Å²) in [5.41, 5.74) is 3.67. The summed E-state index contributed by atoms with van der Waals surface area (Å²) in [6, 6.07) is 6.48. The topological polar surface area (TPSA) is 17.8 Å². The number of rotatable bonds is 1. The van der Waals surface area contributed by atoms with E-state index in [1.54, 1.807) is 0 Å². The molecule has 13 heavy (non-hydrogen) atoms. The van der Waals surface area contributed by atoms with Crippen molar-refractivity contribution in [1.29, 1.82) is 0 Å². The monoisotopic (exact) mass is 174 g/mol. The SMILES string of the molecule is CCn1nc(C)c2ccc(C)cc21. The van der Waals surface area contributed by atoms with Crippen LogP contribution in [0.25, 0.3) is 10.9 Å². The fourth-order valence-electron chi connectivity index (χ4n) is 1.69.